The van der Waals surface area contributed by atoms with Crippen LogP contribution in [0.5, 0.6) is 5.75 Å². The molecule has 0 amide bonds. The van der Waals surface area contributed by atoms with Crippen LogP contribution in [0.2, 0.25) is 0 Å². The van der Waals surface area contributed by atoms with Gasteiger partial charge in [0.05, 0.1) is 25.4 Å². The van der Waals surface area contributed by atoms with E-state index in [2.05, 4.69) is 11.4 Å². The predicted octanol–water partition coefficient (Wildman–Crippen LogP) is 2.35. The molecule has 1 aliphatic rings. The molecule has 0 saturated carbocycles. The molecule has 4 nitrogen and oxygen atoms in total. The van der Waals surface area contributed by atoms with Gasteiger partial charge in [-0.1, -0.05) is 24.3 Å². The quantitative estimate of drug-likeness (QED) is 0.824. The van der Waals surface area contributed by atoms with Crippen molar-refractivity contribution < 1.29 is 14.6 Å². The second-order valence-electron chi connectivity index (χ2n) is 5.06. The third-order valence-electron chi connectivity index (χ3n) is 3.43. The van der Waals surface area contributed by atoms with E-state index in [1.807, 2.05) is 35.7 Å². The summed E-state index contributed by atoms with van der Waals surface area (Å²) in [5.41, 5.74) is 1.16. The highest BCUT2D eigenvalue weighted by Gasteiger charge is 2.23. The van der Waals surface area contributed by atoms with Gasteiger partial charge in [-0.05, 0) is 17.5 Å². The normalized spacial score (nSPS) is 18.2. The Balaban J connectivity index is 1.39. The minimum Gasteiger partial charge on any atom is -0.491 e. The van der Waals surface area contributed by atoms with Gasteiger partial charge < -0.3 is 19.9 Å². The van der Waals surface area contributed by atoms with E-state index in [0.29, 0.717) is 26.4 Å². The Labute approximate surface area is 128 Å². The van der Waals surface area contributed by atoms with Crippen LogP contribution in [0, 0.1) is 0 Å². The fourth-order valence-corrected chi connectivity index (χ4v) is 3.00. The lowest BCUT2D eigenvalue weighted by molar-refractivity contribution is 0.0282. The molecular weight excluding hydrogens is 286 g/mol. The van der Waals surface area contributed by atoms with Gasteiger partial charge >= 0.3 is 0 Å². The molecule has 112 valence electrons. The van der Waals surface area contributed by atoms with Crippen molar-refractivity contribution in [1.82, 2.24) is 5.32 Å². The number of hydrogen-bond acceptors (Lipinski definition) is 5. The van der Waals surface area contributed by atoms with E-state index in [0.717, 1.165) is 11.3 Å². The first-order valence-corrected chi connectivity index (χ1v) is 7.94. The summed E-state index contributed by atoms with van der Waals surface area (Å²) < 4.78 is 11.1. The Hall–Kier alpha value is -1.40. The molecule has 2 aromatic rings. The zero-order chi connectivity index (χ0) is 14.5. The SMILES string of the molecule is OC(CNC1COc2ccccc21)COCc1cccs1. The first kappa shape index (κ1) is 14.5. The summed E-state index contributed by atoms with van der Waals surface area (Å²) in [6.45, 7) is 2.00. The number of hydrogen-bond donors (Lipinski definition) is 2. The first-order valence-electron chi connectivity index (χ1n) is 7.06. The van der Waals surface area contributed by atoms with Crippen molar-refractivity contribution in [2.45, 2.75) is 18.8 Å². The lowest BCUT2D eigenvalue weighted by Crippen LogP contribution is -2.33. The summed E-state index contributed by atoms with van der Waals surface area (Å²) in [4.78, 5) is 1.17. The van der Waals surface area contributed by atoms with Gasteiger partial charge in [-0.15, -0.1) is 11.3 Å². The number of benzene rings is 1. The zero-order valence-electron chi connectivity index (χ0n) is 11.7. The molecule has 2 unspecified atom stereocenters. The van der Waals surface area contributed by atoms with E-state index in [1.54, 1.807) is 11.3 Å². The van der Waals surface area contributed by atoms with E-state index >= 15 is 0 Å². The van der Waals surface area contributed by atoms with Crippen molar-refractivity contribution in [3.8, 4) is 5.75 Å². The molecule has 5 heteroatoms. The highest BCUT2D eigenvalue weighted by molar-refractivity contribution is 7.09. The zero-order valence-corrected chi connectivity index (χ0v) is 12.5. The second kappa shape index (κ2) is 7.04. The number of thiophene rings is 1. The Morgan fingerprint density at radius 3 is 3.10 bits per heavy atom. The predicted molar refractivity (Wildman–Crippen MR) is 82.7 cm³/mol. The number of aliphatic hydroxyl groups excluding tert-OH is 1. The van der Waals surface area contributed by atoms with Gasteiger partial charge in [-0.2, -0.15) is 0 Å². The Bertz CT molecular complexity index is 558. The van der Waals surface area contributed by atoms with E-state index in [1.165, 1.54) is 4.88 Å². The topological polar surface area (TPSA) is 50.7 Å². The number of nitrogens with one attached hydrogen (secondary N) is 1. The molecular formula is C16H19NO3S. The molecule has 3 rings (SSSR count). The molecule has 0 bridgehead atoms. The molecule has 1 aromatic carbocycles. The van der Waals surface area contributed by atoms with Gasteiger partial charge in [0.25, 0.3) is 0 Å². The number of para-hydroxylation sites is 1. The van der Waals surface area contributed by atoms with Crippen LogP contribution >= 0.6 is 11.3 Å². The summed E-state index contributed by atoms with van der Waals surface area (Å²) in [5.74, 6) is 0.929. The van der Waals surface area contributed by atoms with Crippen LogP contribution in [0.1, 0.15) is 16.5 Å². The van der Waals surface area contributed by atoms with Crippen molar-refractivity contribution in [2.24, 2.45) is 0 Å². The third-order valence-corrected chi connectivity index (χ3v) is 4.28. The monoisotopic (exact) mass is 305 g/mol. The second-order valence-corrected chi connectivity index (χ2v) is 6.09. The van der Waals surface area contributed by atoms with Gasteiger partial charge in [-0.25, -0.2) is 0 Å². The Morgan fingerprint density at radius 2 is 2.24 bits per heavy atom. The van der Waals surface area contributed by atoms with Gasteiger partial charge in [0, 0.05) is 17.0 Å². The molecule has 0 fully saturated rings. The lowest BCUT2D eigenvalue weighted by atomic mass is 10.1. The average Bonchev–Trinajstić information content (AvgIpc) is 3.14. The molecule has 0 radical (unpaired) electrons. The number of rotatable bonds is 7. The first-order chi connectivity index (χ1) is 10.3. The number of fused-ring (bicyclic) bond motifs is 1. The van der Waals surface area contributed by atoms with Crippen molar-refractivity contribution in [1.29, 1.82) is 0 Å². The van der Waals surface area contributed by atoms with Gasteiger partial charge in [0.2, 0.25) is 0 Å². The fourth-order valence-electron chi connectivity index (χ4n) is 2.36. The van der Waals surface area contributed by atoms with Crippen molar-refractivity contribution in [2.75, 3.05) is 19.8 Å². The van der Waals surface area contributed by atoms with Crippen LogP contribution in [0.4, 0.5) is 0 Å². The maximum Gasteiger partial charge on any atom is 0.124 e. The van der Waals surface area contributed by atoms with Crippen molar-refractivity contribution >= 4 is 11.3 Å². The Morgan fingerprint density at radius 1 is 1.33 bits per heavy atom. The summed E-state index contributed by atoms with van der Waals surface area (Å²) in [7, 11) is 0. The van der Waals surface area contributed by atoms with E-state index in [-0.39, 0.29) is 6.04 Å². The van der Waals surface area contributed by atoms with Crippen LogP contribution in [0.3, 0.4) is 0 Å². The molecule has 1 aliphatic heterocycles. The minimum atomic E-state index is -0.516. The summed E-state index contributed by atoms with van der Waals surface area (Å²) in [6, 6.07) is 12.2. The molecule has 21 heavy (non-hydrogen) atoms. The highest BCUT2D eigenvalue weighted by Crippen LogP contribution is 2.31. The van der Waals surface area contributed by atoms with Crippen LogP contribution in [0.25, 0.3) is 0 Å². The molecule has 2 N–H and O–H groups in total. The van der Waals surface area contributed by atoms with Crippen LogP contribution in [0.15, 0.2) is 41.8 Å². The standard InChI is InChI=1S/C16H19NO3S/c18-12(9-19-10-13-4-3-7-21-13)8-17-15-11-20-16-6-2-1-5-14(15)16/h1-7,12,15,17-18H,8-11H2. The van der Waals surface area contributed by atoms with Crippen LogP contribution in [-0.4, -0.2) is 31.0 Å². The molecule has 0 saturated heterocycles. The maximum atomic E-state index is 9.96. The van der Waals surface area contributed by atoms with E-state index in [9.17, 15) is 5.11 Å². The molecule has 0 aliphatic carbocycles. The van der Waals surface area contributed by atoms with E-state index < -0.39 is 6.10 Å². The number of aliphatic hydroxyl groups is 1. The molecule has 0 spiro atoms. The molecule has 2 atom stereocenters. The smallest absolute Gasteiger partial charge is 0.124 e. The summed E-state index contributed by atoms with van der Waals surface area (Å²) in [6.07, 6.45) is -0.516. The van der Waals surface area contributed by atoms with Gasteiger partial charge in [0.1, 0.15) is 12.4 Å². The maximum absolute atomic E-state index is 9.96. The minimum absolute atomic E-state index is 0.146. The average molecular weight is 305 g/mol. The fraction of sp³-hybridized carbons (Fsp3) is 0.375. The van der Waals surface area contributed by atoms with Gasteiger partial charge in [0.15, 0.2) is 0 Å². The summed E-state index contributed by atoms with van der Waals surface area (Å²) in [5, 5.41) is 15.3. The van der Waals surface area contributed by atoms with Crippen LogP contribution < -0.4 is 10.1 Å². The van der Waals surface area contributed by atoms with Crippen molar-refractivity contribution in [3.05, 3.63) is 52.2 Å². The van der Waals surface area contributed by atoms with Crippen molar-refractivity contribution in [3.63, 3.8) is 0 Å². The summed E-state index contributed by atoms with van der Waals surface area (Å²) >= 11 is 1.66. The molecule has 1 aromatic heterocycles. The Kier molecular flexibility index (Phi) is 4.87. The van der Waals surface area contributed by atoms with E-state index in [4.69, 9.17) is 9.47 Å². The largest absolute Gasteiger partial charge is 0.491 e. The number of ether oxygens (including phenoxy) is 2. The lowest BCUT2D eigenvalue weighted by Gasteiger charge is -2.16. The van der Waals surface area contributed by atoms with Gasteiger partial charge in [-0.3, -0.25) is 0 Å². The highest BCUT2D eigenvalue weighted by atomic mass is 32.1. The molecule has 2 heterocycles. The van der Waals surface area contributed by atoms with Crippen LogP contribution in [-0.2, 0) is 11.3 Å². The third kappa shape index (κ3) is 3.83.